The van der Waals surface area contributed by atoms with E-state index in [2.05, 4.69) is 148 Å². The molecule has 0 amide bonds. The SMILES string of the molecule is CC(C)c1cccc2c1c1c(C(C)C)cccc1n2-c1ccccc1-c1ccc(-c2ccc3c(c2)oc2ccccc23)cc1. The first-order chi connectivity index (χ1) is 21.5. The van der Waals surface area contributed by atoms with Crippen LogP contribution in [0.15, 0.2) is 132 Å². The Bertz CT molecular complexity index is 2260. The van der Waals surface area contributed by atoms with E-state index in [1.807, 2.05) is 12.1 Å². The van der Waals surface area contributed by atoms with E-state index in [0.29, 0.717) is 11.8 Å². The first kappa shape index (κ1) is 26.5. The minimum atomic E-state index is 0.430. The summed E-state index contributed by atoms with van der Waals surface area (Å²) in [6, 6.07) is 46.2. The Hall–Kier alpha value is -5.08. The van der Waals surface area contributed by atoms with Crippen molar-refractivity contribution in [2.24, 2.45) is 0 Å². The van der Waals surface area contributed by atoms with E-state index >= 15 is 0 Å². The number of aromatic nitrogens is 1. The van der Waals surface area contributed by atoms with E-state index in [4.69, 9.17) is 4.42 Å². The largest absolute Gasteiger partial charge is 0.456 e. The Kier molecular flexibility index (Phi) is 6.20. The van der Waals surface area contributed by atoms with Crippen LogP contribution in [0.1, 0.15) is 50.7 Å². The predicted octanol–water partition coefficient (Wildman–Crippen LogP) is 12.3. The molecule has 0 N–H and O–H groups in total. The second-order valence-electron chi connectivity index (χ2n) is 12.5. The number of rotatable bonds is 5. The summed E-state index contributed by atoms with van der Waals surface area (Å²) in [6.07, 6.45) is 0. The maximum atomic E-state index is 6.18. The maximum absolute atomic E-state index is 6.18. The van der Waals surface area contributed by atoms with Crippen LogP contribution in [0.3, 0.4) is 0 Å². The molecule has 0 radical (unpaired) electrons. The van der Waals surface area contributed by atoms with E-state index in [9.17, 15) is 0 Å². The summed E-state index contributed by atoms with van der Waals surface area (Å²) in [7, 11) is 0. The summed E-state index contributed by atoms with van der Waals surface area (Å²) < 4.78 is 8.67. The highest BCUT2D eigenvalue weighted by molar-refractivity contribution is 6.13. The van der Waals surface area contributed by atoms with Crippen LogP contribution in [0.4, 0.5) is 0 Å². The van der Waals surface area contributed by atoms with Gasteiger partial charge in [0.25, 0.3) is 0 Å². The zero-order valence-electron chi connectivity index (χ0n) is 25.6. The summed E-state index contributed by atoms with van der Waals surface area (Å²) in [5.74, 6) is 0.860. The third-order valence-corrected chi connectivity index (χ3v) is 9.18. The fourth-order valence-corrected chi connectivity index (χ4v) is 7.04. The van der Waals surface area contributed by atoms with E-state index in [1.165, 1.54) is 55.3 Å². The third-order valence-electron chi connectivity index (χ3n) is 9.18. The quantitative estimate of drug-likeness (QED) is 0.202. The van der Waals surface area contributed by atoms with Crippen LogP contribution in [-0.2, 0) is 0 Å². The molecule has 0 atom stereocenters. The molecule has 44 heavy (non-hydrogen) atoms. The second kappa shape index (κ2) is 10.3. The predicted molar refractivity (Wildman–Crippen MR) is 187 cm³/mol. The van der Waals surface area contributed by atoms with Gasteiger partial charge in [0, 0.05) is 27.1 Å². The van der Waals surface area contributed by atoms with Crippen molar-refractivity contribution in [3.05, 3.63) is 139 Å². The van der Waals surface area contributed by atoms with Crippen LogP contribution in [0.2, 0.25) is 0 Å². The lowest BCUT2D eigenvalue weighted by atomic mass is 9.92. The van der Waals surface area contributed by atoms with Gasteiger partial charge in [-0.15, -0.1) is 0 Å². The van der Waals surface area contributed by atoms with Crippen LogP contribution >= 0.6 is 0 Å². The molecule has 2 heterocycles. The summed E-state index contributed by atoms with van der Waals surface area (Å²) in [6.45, 7) is 9.21. The average molecular weight is 570 g/mol. The number of nitrogens with zero attached hydrogens (tertiary/aromatic N) is 1. The minimum Gasteiger partial charge on any atom is -0.456 e. The first-order valence-corrected chi connectivity index (χ1v) is 15.7. The van der Waals surface area contributed by atoms with Gasteiger partial charge in [-0.1, -0.05) is 119 Å². The van der Waals surface area contributed by atoms with Gasteiger partial charge in [0.05, 0.1) is 16.7 Å². The number of para-hydroxylation sites is 2. The monoisotopic (exact) mass is 569 g/mol. The third kappa shape index (κ3) is 4.09. The van der Waals surface area contributed by atoms with Crippen molar-refractivity contribution < 1.29 is 4.42 Å². The highest BCUT2D eigenvalue weighted by atomic mass is 16.3. The zero-order chi connectivity index (χ0) is 29.9. The molecule has 0 saturated carbocycles. The number of furan rings is 1. The van der Waals surface area contributed by atoms with Crippen molar-refractivity contribution in [1.82, 2.24) is 4.57 Å². The molecular formula is C42H35NO. The van der Waals surface area contributed by atoms with E-state index in [1.54, 1.807) is 0 Å². The number of fused-ring (bicyclic) bond motifs is 6. The Balaban J connectivity index is 1.28. The Morgan fingerprint density at radius 1 is 0.477 bits per heavy atom. The molecule has 2 heteroatoms. The van der Waals surface area contributed by atoms with Crippen LogP contribution in [0.25, 0.3) is 71.7 Å². The van der Waals surface area contributed by atoms with Gasteiger partial charge in [-0.2, -0.15) is 0 Å². The van der Waals surface area contributed by atoms with E-state index in [-0.39, 0.29) is 0 Å². The lowest BCUT2D eigenvalue weighted by molar-refractivity contribution is 0.669. The van der Waals surface area contributed by atoms with Crippen LogP contribution in [-0.4, -0.2) is 4.57 Å². The maximum Gasteiger partial charge on any atom is 0.136 e. The molecule has 0 aliphatic heterocycles. The van der Waals surface area contributed by atoms with Gasteiger partial charge >= 0.3 is 0 Å². The van der Waals surface area contributed by atoms with Crippen molar-refractivity contribution in [3.63, 3.8) is 0 Å². The van der Waals surface area contributed by atoms with Crippen molar-refractivity contribution in [3.8, 4) is 27.9 Å². The second-order valence-corrected chi connectivity index (χ2v) is 12.5. The molecule has 2 nitrogen and oxygen atoms in total. The molecule has 6 aromatic carbocycles. The molecule has 0 aliphatic carbocycles. The van der Waals surface area contributed by atoms with Crippen molar-refractivity contribution in [1.29, 1.82) is 0 Å². The summed E-state index contributed by atoms with van der Waals surface area (Å²) in [5, 5.41) is 5.08. The first-order valence-electron chi connectivity index (χ1n) is 15.7. The van der Waals surface area contributed by atoms with Crippen molar-refractivity contribution >= 4 is 43.7 Å². The Morgan fingerprint density at radius 3 is 1.73 bits per heavy atom. The molecule has 0 saturated heterocycles. The highest BCUT2D eigenvalue weighted by Gasteiger charge is 2.21. The molecule has 214 valence electrons. The fourth-order valence-electron chi connectivity index (χ4n) is 7.04. The van der Waals surface area contributed by atoms with Gasteiger partial charge in [-0.25, -0.2) is 0 Å². The Labute approximate surface area is 258 Å². The lowest BCUT2D eigenvalue weighted by Gasteiger charge is -2.15. The number of hydrogen-bond donors (Lipinski definition) is 0. The highest BCUT2D eigenvalue weighted by Crippen LogP contribution is 2.42. The van der Waals surface area contributed by atoms with Gasteiger partial charge in [0.15, 0.2) is 0 Å². The summed E-state index contributed by atoms with van der Waals surface area (Å²) in [5.41, 5.74) is 13.1. The summed E-state index contributed by atoms with van der Waals surface area (Å²) >= 11 is 0. The van der Waals surface area contributed by atoms with Gasteiger partial charge in [-0.3, -0.25) is 0 Å². The van der Waals surface area contributed by atoms with Crippen molar-refractivity contribution in [2.75, 3.05) is 0 Å². The van der Waals surface area contributed by atoms with E-state index in [0.717, 1.165) is 27.5 Å². The molecule has 8 aromatic rings. The molecule has 2 aromatic heterocycles. The van der Waals surface area contributed by atoms with Crippen LogP contribution in [0, 0.1) is 0 Å². The zero-order valence-corrected chi connectivity index (χ0v) is 25.6. The molecule has 0 fully saturated rings. The topological polar surface area (TPSA) is 18.1 Å². The fraction of sp³-hybridized carbons (Fsp3) is 0.143. The lowest BCUT2D eigenvalue weighted by Crippen LogP contribution is -1.98. The minimum absolute atomic E-state index is 0.430. The average Bonchev–Trinajstić information content (AvgIpc) is 3.60. The number of benzene rings is 6. The molecule has 8 rings (SSSR count). The van der Waals surface area contributed by atoms with Gasteiger partial charge in [0.2, 0.25) is 0 Å². The van der Waals surface area contributed by atoms with Crippen molar-refractivity contribution in [2.45, 2.75) is 39.5 Å². The van der Waals surface area contributed by atoms with Crippen LogP contribution < -0.4 is 0 Å². The van der Waals surface area contributed by atoms with E-state index < -0.39 is 0 Å². The standard InChI is InChI=1S/C42H35NO/c1-26(2)31-13-9-16-37-41(31)42-32(27(3)4)14-10-17-38(42)43(37)36-15-7-5-11-33(36)29-21-19-28(20-22-29)30-23-24-35-34-12-6-8-18-39(34)44-40(35)25-30/h5-27H,1-4H3. The summed E-state index contributed by atoms with van der Waals surface area (Å²) in [4.78, 5) is 0. The molecular weight excluding hydrogens is 534 g/mol. The smallest absolute Gasteiger partial charge is 0.136 e. The van der Waals surface area contributed by atoms with Gasteiger partial charge in [0.1, 0.15) is 11.2 Å². The molecule has 0 bridgehead atoms. The normalized spacial score (nSPS) is 12.0. The number of hydrogen-bond acceptors (Lipinski definition) is 1. The van der Waals surface area contributed by atoms with Crippen LogP contribution in [0.5, 0.6) is 0 Å². The molecule has 0 unspecified atom stereocenters. The molecule has 0 aliphatic rings. The van der Waals surface area contributed by atoms with Gasteiger partial charge in [-0.05, 0) is 76.1 Å². The Morgan fingerprint density at radius 2 is 1.05 bits per heavy atom. The molecule has 0 spiro atoms. The van der Waals surface area contributed by atoms with Gasteiger partial charge < -0.3 is 8.98 Å².